The zero-order chi connectivity index (χ0) is 37.2. The van der Waals surface area contributed by atoms with Gasteiger partial charge in [0.2, 0.25) is 0 Å². The summed E-state index contributed by atoms with van der Waals surface area (Å²) in [5, 5.41) is 0.1000. The summed E-state index contributed by atoms with van der Waals surface area (Å²) in [6.07, 6.45) is 12.3. The van der Waals surface area contributed by atoms with Crippen LogP contribution < -0.4 is 14.4 Å². The summed E-state index contributed by atoms with van der Waals surface area (Å²) in [4.78, 5) is 29.9. The fraction of sp³-hybridized carbons (Fsp3) is 0.610. The topological polar surface area (TPSA) is 116 Å². The van der Waals surface area contributed by atoms with Gasteiger partial charge >= 0.3 is 0 Å². The molecule has 1 saturated heterocycles. The summed E-state index contributed by atoms with van der Waals surface area (Å²) in [7, 11) is -1.80. The lowest BCUT2D eigenvalue weighted by atomic mass is 9.70. The van der Waals surface area contributed by atoms with Crippen molar-refractivity contribution < 1.29 is 32.7 Å². The third-order valence-corrected chi connectivity index (χ3v) is 15.1. The van der Waals surface area contributed by atoms with Gasteiger partial charge in [-0.1, -0.05) is 43.2 Å². The number of carbonyl (C=O) groups is 2. The quantitative estimate of drug-likeness (QED) is 0.322. The normalized spacial score (nSPS) is 32.9. The highest BCUT2D eigenvalue weighted by Gasteiger charge is 2.44. The molecular weight excluding hydrogens is 714 g/mol. The third-order valence-electron chi connectivity index (χ3n) is 12.4. The standard InChI is InChI=1S/C41H54ClN3O7S/c1-27-7-4-11-37(49-3)34-10-5-8-31(34)23-45-25-41(18-6-9-29-21-32(42)13-14-35(29)41)26-52-38-15-12-30(22-36(38)45)40(47)44-53(48,28(27)2)43-39(46)24-51-33-16-19-50-20-17-33/h4,11-15,21-22,27-28,31,33-34,37H,5-10,16-20,23-26H2,1-3H3,(H,43,44,46,47,48)/b11-4+/t27-,28+,31-,34+,37-,41-,53?/m0/s1. The first-order valence-electron chi connectivity index (χ1n) is 19.4. The smallest absolute Gasteiger partial charge is 0.286 e. The minimum absolute atomic E-state index is 0.0730. The van der Waals surface area contributed by atoms with Crippen molar-refractivity contribution in [3.8, 4) is 5.75 Å². The van der Waals surface area contributed by atoms with Gasteiger partial charge in [-0.15, -0.1) is 4.36 Å². The summed E-state index contributed by atoms with van der Waals surface area (Å²) in [5.41, 5.74) is 3.41. The number of halogens is 1. The van der Waals surface area contributed by atoms with Crippen molar-refractivity contribution in [3.63, 3.8) is 0 Å². The molecular formula is C41H54ClN3O7S. The SMILES string of the molecule is CO[C@H]1/C=C/C[C@H](C)[C@@H](C)S(=O)(NC(=O)COC2CCOCC2)=NC(=O)c2ccc3c(c2)N(C[C@@H]2CCC[C@H]21)C[C@@]1(CCCc2cc(Cl)ccc21)CO3. The van der Waals surface area contributed by atoms with E-state index in [0.717, 1.165) is 55.8 Å². The highest BCUT2D eigenvalue weighted by Crippen LogP contribution is 2.46. The number of anilines is 1. The lowest BCUT2D eigenvalue weighted by molar-refractivity contribution is -0.128. The molecule has 7 atom stereocenters. The predicted molar refractivity (Wildman–Crippen MR) is 207 cm³/mol. The fourth-order valence-electron chi connectivity index (χ4n) is 9.19. The Hall–Kier alpha value is -2.96. The molecule has 3 aliphatic heterocycles. The van der Waals surface area contributed by atoms with Gasteiger partial charge in [0.15, 0.2) is 0 Å². The minimum Gasteiger partial charge on any atom is -0.490 e. The first-order valence-corrected chi connectivity index (χ1v) is 21.3. The number of fused-ring (bicyclic) bond motifs is 4. The highest BCUT2D eigenvalue weighted by molar-refractivity contribution is 7.93. The Bertz CT molecular complexity index is 1820. The zero-order valence-corrected chi connectivity index (χ0v) is 32.8. The van der Waals surface area contributed by atoms with Crippen LogP contribution >= 0.6 is 11.6 Å². The van der Waals surface area contributed by atoms with Crippen LogP contribution in [0, 0.1) is 17.8 Å². The largest absolute Gasteiger partial charge is 0.490 e. The number of amides is 2. The van der Waals surface area contributed by atoms with E-state index in [9.17, 15) is 13.8 Å². The number of nitrogens with zero attached hydrogens (tertiary/aromatic N) is 2. The van der Waals surface area contributed by atoms with Crippen LogP contribution in [0.4, 0.5) is 5.69 Å². The monoisotopic (exact) mass is 767 g/mol. The van der Waals surface area contributed by atoms with Gasteiger partial charge in [0.05, 0.1) is 29.8 Å². The van der Waals surface area contributed by atoms with E-state index in [1.165, 1.54) is 11.1 Å². The molecule has 2 aromatic carbocycles. The molecule has 1 spiro atoms. The van der Waals surface area contributed by atoms with E-state index in [0.29, 0.717) is 68.8 Å². The highest BCUT2D eigenvalue weighted by atomic mass is 35.5. The van der Waals surface area contributed by atoms with Crippen molar-refractivity contribution in [1.82, 2.24) is 4.72 Å². The third kappa shape index (κ3) is 8.34. The number of benzene rings is 2. The molecule has 7 rings (SSSR count). The molecule has 2 amide bonds. The zero-order valence-electron chi connectivity index (χ0n) is 31.2. The number of ether oxygens (including phenoxy) is 4. The Morgan fingerprint density at radius 3 is 2.75 bits per heavy atom. The van der Waals surface area contributed by atoms with E-state index in [4.69, 9.17) is 30.5 Å². The lowest BCUT2D eigenvalue weighted by Crippen LogP contribution is -2.47. The van der Waals surface area contributed by atoms with Crippen molar-refractivity contribution in [2.45, 2.75) is 94.5 Å². The predicted octanol–water partition coefficient (Wildman–Crippen LogP) is 7.06. The van der Waals surface area contributed by atoms with Crippen molar-refractivity contribution in [2.75, 3.05) is 51.5 Å². The van der Waals surface area contributed by atoms with Crippen LogP contribution in [0.25, 0.3) is 0 Å². The average molecular weight is 768 g/mol. The van der Waals surface area contributed by atoms with E-state index < -0.39 is 27.0 Å². The molecule has 2 fully saturated rings. The van der Waals surface area contributed by atoms with Gasteiger partial charge in [0.1, 0.15) is 22.3 Å². The number of hydrogen-bond donors (Lipinski definition) is 1. The molecule has 10 nitrogen and oxygen atoms in total. The summed E-state index contributed by atoms with van der Waals surface area (Å²) in [6, 6.07) is 11.6. The Balaban J connectivity index is 1.27. The molecule has 2 bridgehead atoms. The molecule has 1 saturated carbocycles. The second kappa shape index (κ2) is 16.4. The average Bonchev–Trinajstić information content (AvgIpc) is 3.55. The molecule has 3 heterocycles. The molecule has 1 unspecified atom stereocenters. The summed E-state index contributed by atoms with van der Waals surface area (Å²) < 4.78 is 45.9. The Kier molecular flexibility index (Phi) is 11.9. The first kappa shape index (κ1) is 38.3. The number of rotatable bonds is 5. The number of methoxy groups -OCH3 is 1. The Labute approximate surface area is 319 Å². The first-order chi connectivity index (χ1) is 25.6. The molecule has 288 valence electrons. The Morgan fingerprint density at radius 1 is 1.11 bits per heavy atom. The maximum absolute atomic E-state index is 14.8. The molecule has 5 aliphatic rings. The maximum atomic E-state index is 14.8. The van der Waals surface area contributed by atoms with Crippen molar-refractivity contribution >= 4 is 39.0 Å². The van der Waals surface area contributed by atoms with Gasteiger partial charge in [0.25, 0.3) is 11.8 Å². The van der Waals surface area contributed by atoms with Crippen molar-refractivity contribution in [1.29, 1.82) is 0 Å². The van der Waals surface area contributed by atoms with Crippen LogP contribution in [-0.2, 0) is 40.8 Å². The number of carbonyl (C=O) groups excluding carboxylic acids is 2. The molecule has 0 radical (unpaired) electrons. The van der Waals surface area contributed by atoms with Crippen LogP contribution in [0.3, 0.4) is 0 Å². The molecule has 12 heteroatoms. The van der Waals surface area contributed by atoms with Crippen LogP contribution in [0.2, 0.25) is 5.02 Å². The van der Waals surface area contributed by atoms with Gasteiger partial charge in [0, 0.05) is 49.4 Å². The number of hydrogen-bond acceptors (Lipinski definition) is 8. The summed E-state index contributed by atoms with van der Waals surface area (Å²) >= 11 is 6.48. The number of allylic oxidation sites excluding steroid dienone is 1. The number of aryl methyl sites for hydroxylation is 1. The van der Waals surface area contributed by atoms with E-state index in [1.807, 2.05) is 25.1 Å². The van der Waals surface area contributed by atoms with E-state index in [2.05, 4.69) is 38.3 Å². The van der Waals surface area contributed by atoms with E-state index >= 15 is 0 Å². The van der Waals surface area contributed by atoms with Crippen LogP contribution in [0.1, 0.15) is 86.7 Å². The summed E-state index contributed by atoms with van der Waals surface area (Å²) in [6.45, 7) is 6.66. The van der Waals surface area contributed by atoms with Gasteiger partial charge in [-0.3, -0.25) is 14.3 Å². The van der Waals surface area contributed by atoms with Crippen molar-refractivity contribution in [2.24, 2.45) is 22.1 Å². The van der Waals surface area contributed by atoms with Crippen molar-refractivity contribution in [3.05, 3.63) is 70.3 Å². The van der Waals surface area contributed by atoms with Gasteiger partial charge < -0.3 is 23.8 Å². The van der Waals surface area contributed by atoms with E-state index in [1.54, 1.807) is 20.1 Å². The lowest BCUT2D eigenvalue weighted by Gasteiger charge is -2.42. The van der Waals surface area contributed by atoms with Crippen LogP contribution in [0.5, 0.6) is 5.75 Å². The van der Waals surface area contributed by atoms with Gasteiger partial charge in [-0.2, -0.15) is 0 Å². The second-order valence-electron chi connectivity index (χ2n) is 15.8. The number of nitrogens with one attached hydrogen (secondary N) is 1. The molecule has 1 N–H and O–H groups in total. The Morgan fingerprint density at radius 2 is 1.94 bits per heavy atom. The summed E-state index contributed by atoms with van der Waals surface area (Å²) in [5.74, 6) is 0.0229. The molecule has 53 heavy (non-hydrogen) atoms. The molecule has 2 aliphatic carbocycles. The van der Waals surface area contributed by atoms with Gasteiger partial charge in [-0.25, -0.2) is 4.21 Å². The molecule has 0 aromatic heterocycles. The minimum atomic E-state index is -3.58. The van der Waals surface area contributed by atoms with Gasteiger partial charge in [-0.05, 0) is 118 Å². The van der Waals surface area contributed by atoms with Crippen LogP contribution in [0.15, 0.2) is 52.9 Å². The van der Waals surface area contributed by atoms with E-state index in [-0.39, 0.29) is 30.1 Å². The fourth-order valence-corrected chi connectivity index (χ4v) is 11.3. The second-order valence-corrected chi connectivity index (χ2v) is 18.5. The maximum Gasteiger partial charge on any atom is 0.286 e. The molecule has 2 aromatic rings. The van der Waals surface area contributed by atoms with Crippen LogP contribution in [-0.4, -0.2) is 80.1 Å².